The first-order valence-electron chi connectivity index (χ1n) is 6.78. The normalized spacial score (nSPS) is 11.5. The van der Waals surface area contributed by atoms with Crippen molar-refractivity contribution >= 4 is 5.96 Å². The maximum atomic E-state index is 13.1. The minimum Gasteiger partial charge on any atom is -0.357 e. The molecule has 2 aromatic rings. The van der Waals surface area contributed by atoms with Gasteiger partial charge in [0.05, 0.1) is 13.1 Å². The fraction of sp³-hybridized carbons (Fsp3) is 0.357. The van der Waals surface area contributed by atoms with E-state index in [1.807, 2.05) is 20.0 Å². The van der Waals surface area contributed by atoms with Crippen molar-refractivity contribution in [1.82, 2.24) is 25.4 Å². The molecule has 0 aliphatic carbocycles. The van der Waals surface area contributed by atoms with Gasteiger partial charge in [0.25, 0.3) is 0 Å². The number of aryl methyl sites for hydroxylation is 1. The van der Waals surface area contributed by atoms with Gasteiger partial charge in [0.1, 0.15) is 18.0 Å². The van der Waals surface area contributed by atoms with Crippen LogP contribution in [0.3, 0.4) is 0 Å². The molecule has 0 aliphatic heterocycles. The van der Waals surface area contributed by atoms with Crippen molar-refractivity contribution in [3.05, 3.63) is 47.8 Å². The number of halogens is 1. The molecule has 2 rings (SSSR count). The number of rotatable bonds is 5. The first kappa shape index (κ1) is 15.0. The highest BCUT2D eigenvalue weighted by molar-refractivity contribution is 5.79. The van der Waals surface area contributed by atoms with E-state index < -0.39 is 0 Å². The van der Waals surface area contributed by atoms with Crippen LogP contribution in [-0.4, -0.2) is 27.3 Å². The highest BCUT2D eigenvalue weighted by Gasteiger charge is 2.02. The van der Waals surface area contributed by atoms with Crippen LogP contribution in [0.5, 0.6) is 0 Å². The molecule has 0 radical (unpaired) electrons. The monoisotopic (exact) mass is 290 g/mol. The van der Waals surface area contributed by atoms with Crippen LogP contribution in [0.15, 0.2) is 35.6 Å². The quantitative estimate of drug-likeness (QED) is 0.641. The average molecular weight is 290 g/mol. The molecule has 7 heteroatoms. The van der Waals surface area contributed by atoms with Crippen LogP contribution >= 0.6 is 0 Å². The maximum Gasteiger partial charge on any atom is 0.191 e. The zero-order chi connectivity index (χ0) is 15.1. The number of aliphatic imine (C=N–C) groups is 1. The molecule has 0 saturated heterocycles. The van der Waals surface area contributed by atoms with Crippen molar-refractivity contribution in [1.29, 1.82) is 0 Å². The van der Waals surface area contributed by atoms with Crippen LogP contribution in [0.4, 0.5) is 4.39 Å². The predicted molar refractivity (Wildman–Crippen MR) is 79.1 cm³/mol. The van der Waals surface area contributed by atoms with Crippen molar-refractivity contribution < 1.29 is 4.39 Å². The summed E-state index contributed by atoms with van der Waals surface area (Å²) in [5, 5.41) is 10.3. The molecule has 1 heterocycles. The average Bonchev–Trinajstić information content (AvgIpc) is 2.87. The van der Waals surface area contributed by atoms with Gasteiger partial charge in [-0.15, -0.1) is 0 Å². The third-order valence-corrected chi connectivity index (χ3v) is 2.87. The first-order chi connectivity index (χ1) is 10.2. The summed E-state index contributed by atoms with van der Waals surface area (Å²) in [7, 11) is 1.83. The molecule has 0 amide bonds. The summed E-state index contributed by atoms with van der Waals surface area (Å²) in [5.74, 6) is 1.22. The van der Waals surface area contributed by atoms with Crippen LogP contribution in [0.25, 0.3) is 0 Å². The summed E-state index contributed by atoms with van der Waals surface area (Å²) >= 11 is 0. The fourth-order valence-corrected chi connectivity index (χ4v) is 1.79. The van der Waals surface area contributed by atoms with Crippen molar-refractivity contribution in [2.24, 2.45) is 12.0 Å². The molecular weight excluding hydrogens is 271 g/mol. The summed E-state index contributed by atoms with van der Waals surface area (Å²) in [6.45, 7) is 3.66. The summed E-state index contributed by atoms with van der Waals surface area (Å²) in [6, 6.07) is 6.43. The Bertz CT molecular complexity index is 607. The Morgan fingerprint density at radius 1 is 1.38 bits per heavy atom. The van der Waals surface area contributed by atoms with Gasteiger partial charge in [-0.05, 0) is 24.6 Å². The molecule has 1 aromatic heterocycles. The fourth-order valence-electron chi connectivity index (χ4n) is 1.79. The number of benzene rings is 1. The van der Waals surface area contributed by atoms with E-state index in [0.29, 0.717) is 19.0 Å². The SMILES string of the molecule is CCNC(=NCc1cccc(F)c1)NCc1ncnn1C. The minimum atomic E-state index is -0.250. The zero-order valence-corrected chi connectivity index (χ0v) is 12.2. The molecule has 6 nitrogen and oxygen atoms in total. The molecule has 0 aliphatic rings. The third kappa shape index (κ3) is 4.55. The first-order valence-corrected chi connectivity index (χ1v) is 6.78. The molecule has 21 heavy (non-hydrogen) atoms. The smallest absolute Gasteiger partial charge is 0.191 e. The van der Waals surface area contributed by atoms with E-state index in [2.05, 4.69) is 25.7 Å². The van der Waals surface area contributed by atoms with Gasteiger partial charge < -0.3 is 10.6 Å². The van der Waals surface area contributed by atoms with Gasteiger partial charge in [0.15, 0.2) is 5.96 Å². The highest BCUT2D eigenvalue weighted by Crippen LogP contribution is 2.04. The number of guanidine groups is 1. The molecule has 1 aromatic carbocycles. The zero-order valence-electron chi connectivity index (χ0n) is 12.2. The molecule has 112 valence electrons. The summed E-state index contributed by atoms with van der Waals surface area (Å²) < 4.78 is 14.8. The summed E-state index contributed by atoms with van der Waals surface area (Å²) in [5.41, 5.74) is 0.825. The Morgan fingerprint density at radius 3 is 2.90 bits per heavy atom. The summed E-state index contributed by atoms with van der Waals surface area (Å²) in [6.07, 6.45) is 1.51. The lowest BCUT2D eigenvalue weighted by Gasteiger charge is -2.10. The topological polar surface area (TPSA) is 67.1 Å². The standard InChI is InChI=1S/C14H19FN6/c1-3-16-14(18-9-13-19-10-20-21(13)2)17-8-11-5-4-6-12(15)7-11/h4-7,10H,3,8-9H2,1-2H3,(H2,16,17,18). The Labute approximate surface area is 123 Å². The Kier molecular flexibility index (Phi) is 5.25. The molecule has 0 atom stereocenters. The lowest BCUT2D eigenvalue weighted by atomic mass is 10.2. The molecule has 0 fully saturated rings. The minimum absolute atomic E-state index is 0.250. The molecule has 2 N–H and O–H groups in total. The molecule has 0 bridgehead atoms. The van der Waals surface area contributed by atoms with Crippen molar-refractivity contribution in [3.63, 3.8) is 0 Å². The predicted octanol–water partition coefficient (Wildman–Crippen LogP) is 1.21. The lowest BCUT2D eigenvalue weighted by Crippen LogP contribution is -2.37. The van der Waals surface area contributed by atoms with E-state index in [-0.39, 0.29) is 5.82 Å². The van der Waals surface area contributed by atoms with Gasteiger partial charge in [-0.1, -0.05) is 12.1 Å². The molecule has 0 saturated carbocycles. The number of hydrogen-bond acceptors (Lipinski definition) is 3. The number of nitrogens with one attached hydrogen (secondary N) is 2. The second-order valence-electron chi connectivity index (χ2n) is 4.48. The van der Waals surface area contributed by atoms with Gasteiger partial charge in [-0.25, -0.2) is 14.4 Å². The van der Waals surface area contributed by atoms with E-state index >= 15 is 0 Å². The van der Waals surface area contributed by atoms with Crippen LogP contribution in [0, 0.1) is 5.82 Å². The second kappa shape index (κ2) is 7.37. The lowest BCUT2D eigenvalue weighted by molar-refractivity contribution is 0.625. The van der Waals surface area contributed by atoms with Gasteiger partial charge in [0, 0.05) is 13.6 Å². The number of aromatic nitrogens is 3. The van der Waals surface area contributed by atoms with Gasteiger partial charge in [-0.3, -0.25) is 4.68 Å². The summed E-state index contributed by atoms with van der Waals surface area (Å²) in [4.78, 5) is 8.56. The van der Waals surface area contributed by atoms with Crippen molar-refractivity contribution in [3.8, 4) is 0 Å². The molecule has 0 spiro atoms. The highest BCUT2D eigenvalue weighted by atomic mass is 19.1. The van der Waals surface area contributed by atoms with Crippen molar-refractivity contribution in [2.75, 3.05) is 6.54 Å². The van der Waals surface area contributed by atoms with Gasteiger partial charge in [0.2, 0.25) is 0 Å². The number of nitrogens with zero attached hydrogens (tertiary/aromatic N) is 4. The Morgan fingerprint density at radius 2 is 2.24 bits per heavy atom. The Balaban J connectivity index is 1.97. The maximum absolute atomic E-state index is 13.1. The number of hydrogen-bond donors (Lipinski definition) is 2. The second-order valence-corrected chi connectivity index (χ2v) is 4.48. The van der Waals surface area contributed by atoms with E-state index in [4.69, 9.17) is 0 Å². The van der Waals surface area contributed by atoms with E-state index in [1.165, 1.54) is 18.5 Å². The van der Waals surface area contributed by atoms with E-state index in [9.17, 15) is 4.39 Å². The molecular formula is C14H19FN6. The van der Waals surface area contributed by atoms with Gasteiger partial charge >= 0.3 is 0 Å². The van der Waals surface area contributed by atoms with Gasteiger partial charge in [-0.2, -0.15) is 5.10 Å². The van der Waals surface area contributed by atoms with Crippen LogP contribution in [0.2, 0.25) is 0 Å². The third-order valence-electron chi connectivity index (χ3n) is 2.87. The van der Waals surface area contributed by atoms with Crippen LogP contribution in [0.1, 0.15) is 18.3 Å². The van der Waals surface area contributed by atoms with E-state index in [1.54, 1.807) is 10.7 Å². The Hall–Kier alpha value is -2.44. The largest absolute Gasteiger partial charge is 0.357 e. The van der Waals surface area contributed by atoms with Crippen LogP contribution in [-0.2, 0) is 20.1 Å². The van der Waals surface area contributed by atoms with Crippen molar-refractivity contribution in [2.45, 2.75) is 20.0 Å². The van der Waals surface area contributed by atoms with E-state index in [0.717, 1.165) is 17.9 Å². The molecule has 0 unspecified atom stereocenters. The van der Waals surface area contributed by atoms with Crippen LogP contribution < -0.4 is 10.6 Å².